The summed E-state index contributed by atoms with van der Waals surface area (Å²) in [7, 11) is 0. The van der Waals surface area contributed by atoms with Crippen LogP contribution >= 0.6 is 0 Å². The van der Waals surface area contributed by atoms with Crippen molar-refractivity contribution in [2.75, 3.05) is 6.61 Å². The fraction of sp³-hybridized carbons (Fsp3) is 0.235. The molecule has 0 fully saturated rings. The van der Waals surface area contributed by atoms with E-state index in [2.05, 4.69) is 12.2 Å². The zero-order valence-electron chi connectivity index (χ0n) is 11.6. The summed E-state index contributed by atoms with van der Waals surface area (Å²) >= 11 is 0. The first kappa shape index (κ1) is 14.1. The summed E-state index contributed by atoms with van der Waals surface area (Å²) < 4.78 is 5.52. The predicted molar refractivity (Wildman–Crippen MR) is 79.8 cm³/mol. The average molecular weight is 269 g/mol. The molecule has 0 saturated heterocycles. The minimum Gasteiger partial charge on any atom is -0.494 e. The van der Waals surface area contributed by atoms with Gasteiger partial charge in [0, 0.05) is 12.1 Å². The molecule has 3 nitrogen and oxygen atoms in total. The standard InChI is InChI=1S/C17H19NO2/c1-2-12-20-16-10-8-14(9-11-16)13-18-17(19)15-6-4-3-5-7-15/h3-11H,2,12-13H2,1H3,(H,18,19). The number of carbonyl (C=O) groups excluding carboxylic acids is 1. The molecule has 0 atom stereocenters. The molecule has 0 unspecified atom stereocenters. The van der Waals surface area contributed by atoms with E-state index in [9.17, 15) is 4.79 Å². The summed E-state index contributed by atoms with van der Waals surface area (Å²) in [5.41, 5.74) is 1.73. The number of rotatable bonds is 6. The Morgan fingerprint density at radius 2 is 1.75 bits per heavy atom. The van der Waals surface area contributed by atoms with Crippen LogP contribution in [0.2, 0.25) is 0 Å². The Balaban J connectivity index is 1.86. The van der Waals surface area contributed by atoms with Crippen LogP contribution in [0.4, 0.5) is 0 Å². The zero-order chi connectivity index (χ0) is 14.2. The van der Waals surface area contributed by atoms with Gasteiger partial charge in [0.25, 0.3) is 5.91 Å². The average Bonchev–Trinajstić information content (AvgIpc) is 2.52. The first-order chi connectivity index (χ1) is 9.79. The molecule has 104 valence electrons. The molecule has 0 radical (unpaired) electrons. The predicted octanol–water partition coefficient (Wildman–Crippen LogP) is 3.41. The molecule has 0 spiro atoms. The van der Waals surface area contributed by atoms with Gasteiger partial charge in [0.15, 0.2) is 0 Å². The van der Waals surface area contributed by atoms with Crippen molar-refractivity contribution in [3.8, 4) is 5.75 Å². The maximum absolute atomic E-state index is 11.9. The molecule has 2 rings (SSSR count). The number of amides is 1. The second kappa shape index (κ2) is 7.34. The van der Waals surface area contributed by atoms with Gasteiger partial charge >= 0.3 is 0 Å². The van der Waals surface area contributed by atoms with Crippen molar-refractivity contribution >= 4 is 5.91 Å². The minimum atomic E-state index is -0.0584. The van der Waals surface area contributed by atoms with Gasteiger partial charge in [-0.05, 0) is 36.2 Å². The molecule has 1 amide bonds. The molecule has 1 N–H and O–H groups in total. The zero-order valence-corrected chi connectivity index (χ0v) is 11.6. The highest BCUT2D eigenvalue weighted by Gasteiger charge is 2.03. The van der Waals surface area contributed by atoms with Crippen molar-refractivity contribution in [2.24, 2.45) is 0 Å². The van der Waals surface area contributed by atoms with Gasteiger partial charge in [-0.25, -0.2) is 0 Å². The maximum Gasteiger partial charge on any atom is 0.251 e. The Morgan fingerprint density at radius 1 is 1.05 bits per heavy atom. The van der Waals surface area contributed by atoms with Crippen LogP contribution in [0.25, 0.3) is 0 Å². The lowest BCUT2D eigenvalue weighted by Crippen LogP contribution is -2.22. The lowest BCUT2D eigenvalue weighted by atomic mass is 10.2. The summed E-state index contributed by atoms with van der Waals surface area (Å²) in [5.74, 6) is 0.807. The van der Waals surface area contributed by atoms with Crippen molar-refractivity contribution < 1.29 is 9.53 Å². The van der Waals surface area contributed by atoms with E-state index in [0.717, 1.165) is 24.3 Å². The highest BCUT2D eigenvalue weighted by Crippen LogP contribution is 2.12. The number of carbonyl (C=O) groups is 1. The summed E-state index contributed by atoms with van der Waals surface area (Å²) in [6.45, 7) is 3.32. The van der Waals surface area contributed by atoms with Crippen molar-refractivity contribution in [1.82, 2.24) is 5.32 Å². The topological polar surface area (TPSA) is 38.3 Å². The summed E-state index contributed by atoms with van der Waals surface area (Å²) in [5, 5.41) is 2.90. The van der Waals surface area contributed by atoms with Gasteiger partial charge in [0.2, 0.25) is 0 Å². The highest BCUT2D eigenvalue weighted by molar-refractivity contribution is 5.94. The Kier molecular flexibility index (Phi) is 5.18. The quantitative estimate of drug-likeness (QED) is 0.872. The summed E-state index contributed by atoms with van der Waals surface area (Å²) in [6.07, 6.45) is 0.995. The van der Waals surface area contributed by atoms with Gasteiger partial charge in [-0.2, -0.15) is 0 Å². The van der Waals surface area contributed by atoms with E-state index in [1.165, 1.54) is 0 Å². The van der Waals surface area contributed by atoms with Gasteiger partial charge < -0.3 is 10.1 Å². The molecule has 0 aliphatic heterocycles. The second-order valence-electron chi connectivity index (χ2n) is 4.54. The van der Waals surface area contributed by atoms with Gasteiger partial charge in [-0.1, -0.05) is 37.3 Å². The van der Waals surface area contributed by atoms with Crippen LogP contribution in [0.1, 0.15) is 29.3 Å². The highest BCUT2D eigenvalue weighted by atomic mass is 16.5. The normalized spacial score (nSPS) is 10.1. The van der Waals surface area contributed by atoms with Gasteiger partial charge in [-0.15, -0.1) is 0 Å². The smallest absolute Gasteiger partial charge is 0.251 e. The van der Waals surface area contributed by atoms with Crippen molar-refractivity contribution in [3.05, 3.63) is 65.7 Å². The molecule has 2 aromatic rings. The fourth-order valence-corrected chi connectivity index (χ4v) is 1.80. The third kappa shape index (κ3) is 4.12. The summed E-state index contributed by atoms with van der Waals surface area (Å²) in [6, 6.07) is 17.0. The molecule has 2 aromatic carbocycles. The third-order valence-electron chi connectivity index (χ3n) is 2.89. The Bertz CT molecular complexity index is 535. The molecule has 0 saturated carbocycles. The van der Waals surface area contributed by atoms with E-state index in [0.29, 0.717) is 12.1 Å². The summed E-state index contributed by atoms with van der Waals surface area (Å²) in [4.78, 5) is 11.9. The van der Waals surface area contributed by atoms with Crippen molar-refractivity contribution in [2.45, 2.75) is 19.9 Å². The van der Waals surface area contributed by atoms with Crippen LogP contribution in [-0.2, 0) is 6.54 Å². The monoisotopic (exact) mass is 269 g/mol. The van der Waals surface area contributed by atoms with Gasteiger partial charge in [0.1, 0.15) is 5.75 Å². The van der Waals surface area contributed by atoms with E-state index < -0.39 is 0 Å². The van der Waals surface area contributed by atoms with E-state index in [1.54, 1.807) is 12.1 Å². The first-order valence-corrected chi connectivity index (χ1v) is 6.84. The molecule has 0 aliphatic carbocycles. The van der Waals surface area contributed by atoms with Gasteiger partial charge in [0.05, 0.1) is 6.61 Å². The van der Waals surface area contributed by atoms with Crippen LogP contribution in [0.3, 0.4) is 0 Å². The molecule has 0 aliphatic rings. The number of nitrogens with one attached hydrogen (secondary N) is 1. The lowest BCUT2D eigenvalue weighted by Gasteiger charge is -2.07. The SMILES string of the molecule is CCCOc1ccc(CNC(=O)c2ccccc2)cc1. The Morgan fingerprint density at radius 3 is 2.40 bits per heavy atom. The number of hydrogen-bond donors (Lipinski definition) is 1. The number of ether oxygens (including phenoxy) is 1. The Labute approximate surface area is 119 Å². The third-order valence-corrected chi connectivity index (χ3v) is 2.89. The van der Waals surface area contributed by atoms with Crippen LogP contribution in [0.5, 0.6) is 5.75 Å². The Hall–Kier alpha value is -2.29. The van der Waals surface area contributed by atoms with Crippen LogP contribution in [0.15, 0.2) is 54.6 Å². The first-order valence-electron chi connectivity index (χ1n) is 6.84. The maximum atomic E-state index is 11.9. The molecular formula is C17H19NO2. The van der Waals surface area contributed by atoms with Gasteiger partial charge in [-0.3, -0.25) is 4.79 Å². The molecule has 0 bridgehead atoms. The molecule has 3 heteroatoms. The number of hydrogen-bond acceptors (Lipinski definition) is 2. The molecule has 20 heavy (non-hydrogen) atoms. The van der Waals surface area contributed by atoms with E-state index in [4.69, 9.17) is 4.74 Å². The van der Waals surface area contributed by atoms with Crippen LogP contribution in [-0.4, -0.2) is 12.5 Å². The fourth-order valence-electron chi connectivity index (χ4n) is 1.80. The second-order valence-corrected chi connectivity index (χ2v) is 4.54. The van der Waals surface area contributed by atoms with Crippen LogP contribution < -0.4 is 10.1 Å². The van der Waals surface area contributed by atoms with E-state index in [1.807, 2.05) is 42.5 Å². The van der Waals surface area contributed by atoms with E-state index in [-0.39, 0.29) is 5.91 Å². The lowest BCUT2D eigenvalue weighted by molar-refractivity contribution is 0.0951. The minimum absolute atomic E-state index is 0.0584. The van der Waals surface area contributed by atoms with E-state index >= 15 is 0 Å². The van der Waals surface area contributed by atoms with Crippen molar-refractivity contribution in [1.29, 1.82) is 0 Å². The largest absolute Gasteiger partial charge is 0.494 e. The molecule has 0 aromatic heterocycles. The molecular weight excluding hydrogens is 250 g/mol. The molecule has 0 heterocycles. The van der Waals surface area contributed by atoms with Crippen LogP contribution in [0, 0.1) is 0 Å². The van der Waals surface area contributed by atoms with Crippen molar-refractivity contribution in [3.63, 3.8) is 0 Å². The number of benzene rings is 2.